The molecule has 0 aromatic heterocycles. The molecule has 0 saturated heterocycles. The highest BCUT2D eigenvalue weighted by Gasteiger charge is 2.21. The number of hydrogen-bond donors (Lipinski definition) is 2. The summed E-state index contributed by atoms with van der Waals surface area (Å²) in [6.07, 6.45) is 1.81. The summed E-state index contributed by atoms with van der Waals surface area (Å²) < 4.78 is 4.80. The number of nitrogens with one attached hydrogen (secondary N) is 2. The van der Waals surface area contributed by atoms with Gasteiger partial charge in [0.2, 0.25) is 5.91 Å². The zero-order chi connectivity index (χ0) is 16.8. The molecule has 7 heteroatoms. The highest BCUT2D eigenvalue weighted by Crippen LogP contribution is 2.30. The maximum atomic E-state index is 11.8. The van der Waals surface area contributed by atoms with E-state index in [-0.39, 0.29) is 12.5 Å². The molecule has 1 aromatic carbocycles. The van der Waals surface area contributed by atoms with Crippen molar-refractivity contribution < 1.29 is 19.1 Å². The van der Waals surface area contributed by atoms with Crippen LogP contribution in [0.3, 0.4) is 0 Å². The molecule has 1 aliphatic rings. The van der Waals surface area contributed by atoms with Crippen molar-refractivity contribution in [2.45, 2.75) is 19.8 Å². The monoisotopic (exact) mass is 319 g/mol. The van der Waals surface area contributed by atoms with Crippen molar-refractivity contribution in [3.05, 3.63) is 23.8 Å². The van der Waals surface area contributed by atoms with Crippen LogP contribution in [0.4, 0.5) is 11.4 Å². The lowest BCUT2D eigenvalue weighted by Gasteiger charge is -2.29. The molecule has 2 rings (SSSR count). The van der Waals surface area contributed by atoms with Crippen LogP contribution in [0.1, 0.15) is 18.9 Å². The third kappa shape index (κ3) is 4.29. The van der Waals surface area contributed by atoms with Gasteiger partial charge in [-0.25, -0.2) is 0 Å². The molecular weight excluding hydrogens is 298 g/mol. The van der Waals surface area contributed by atoms with Crippen LogP contribution in [-0.4, -0.2) is 44.5 Å². The SMILES string of the molecule is COCCNC(=O)C(=O)Nc1ccc2c(c1)N(C(C)=O)CCC2. The lowest BCUT2D eigenvalue weighted by atomic mass is 10.0. The van der Waals surface area contributed by atoms with Crippen LogP contribution >= 0.6 is 0 Å². The van der Waals surface area contributed by atoms with Crippen LogP contribution < -0.4 is 15.5 Å². The highest BCUT2D eigenvalue weighted by atomic mass is 16.5. The van der Waals surface area contributed by atoms with Gasteiger partial charge in [0.05, 0.1) is 6.61 Å². The van der Waals surface area contributed by atoms with Crippen molar-refractivity contribution >= 4 is 29.1 Å². The van der Waals surface area contributed by atoms with Crippen molar-refractivity contribution in [1.29, 1.82) is 0 Å². The maximum absolute atomic E-state index is 11.8. The Hall–Kier alpha value is -2.41. The summed E-state index contributed by atoms with van der Waals surface area (Å²) in [5.74, 6) is -1.50. The molecular formula is C16H21N3O4. The summed E-state index contributed by atoms with van der Waals surface area (Å²) in [5.41, 5.74) is 2.35. The number of methoxy groups -OCH3 is 1. The van der Waals surface area contributed by atoms with Gasteiger partial charge < -0.3 is 20.3 Å². The minimum absolute atomic E-state index is 0.0354. The molecule has 0 bridgehead atoms. The van der Waals surface area contributed by atoms with E-state index in [1.54, 1.807) is 17.0 Å². The number of fused-ring (bicyclic) bond motifs is 1. The number of rotatable bonds is 4. The number of anilines is 2. The fourth-order valence-electron chi connectivity index (χ4n) is 2.51. The van der Waals surface area contributed by atoms with Gasteiger partial charge in [0.1, 0.15) is 0 Å². The van der Waals surface area contributed by atoms with Gasteiger partial charge in [-0.15, -0.1) is 0 Å². The smallest absolute Gasteiger partial charge is 0.313 e. The summed E-state index contributed by atoms with van der Waals surface area (Å²) in [4.78, 5) is 36.9. The van der Waals surface area contributed by atoms with Gasteiger partial charge in [0.15, 0.2) is 0 Å². The van der Waals surface area contributed by atoms with Gasteiger partial charge in [-0.05, 0) is 30.5 Å². The molecule has 0 fully saturated rings. The highest BCUT2D eigenvalue weighted by molar-refractivity contribution is 6.39. The van der Waals surface area contributed by atoms with Gasteiger partial charge in [-0.2, -0.15) is 0 Å². The van der Waals surface area contributed by atoms with E-state index in [9.17, 15) is 14.4 Å². The van der Waals surface area contributed by atoms with Crippen molar-refractivity contribution in [3.63, 3.8) is 0 Å². The number of ether oxygens (including phenoxy) is 1. The summed E-state index contributed by atoms with van der Waals surface area (Å²) in [6.45, 7) is 2.79. The molecule has 0 spiro atoms. The van der Waals surface area contributed by atoms with Crippen LogP contribution in [0.25, 0.3) is 0 Å². The molecule has 3 amide bonds. The number of aryl methyl sites for hydroxylation is 1. The normalized spacial score (nSPS) is 13.2. The molecule has 23 heavy (non-hydrogen) atoms. The topological polar surface area (TPSA) is 87.7 Å². The summed E-state index contributed by atoms with van der Waals surface area (Å²) in [5, 5.41) is 5.00. The Kier molecular flexibility index (Phi) is 5.70. The van der Waals surface area contributed by atoms with E-state index >= 15 is 0 Å². The zero-order valence-electron chi connectivity index (χ0n) is 13.3. The Morgan fingerprint density at radius 3 is 2.74 bits per heavy atom. The maximum Gasteiger partial charge on any atom is 0.313 e. The molecule has 0 aliphatic carbocycles. The van der Waals surface area contributed by atoms with E-state index in [4.69, 9.17) is 4.74 Å². The minimum atomic E-state index is -0.744. The molecule has 0 radical (unpaired) electrons. The van der Waals surface area contributed by atoms with E-state index in [1.807, 2.05) is 6.07 Å². The molecule has 0 atom stereocenters. The van der Waals surface area contributed by atoms with Crippen molar-refractivity contribution in [2.24, 2.45) is 0 Å². The number of carbonyl (C=O) groups is 3. The van der Waals surface area contributed by atoms with E-state index in [1.165, 1.54) is 14.0 Å². The van der Waals surface area contributed by atoms with Gasteiger partial charge in [0, 0.05) is 38.5 Å². The second kappa shape index (κ2) is 7.73. The average molecular weight is 319 g/mol. The van der Waals surface area contributed by atoms with Gasteiger partial charge in [0.25, 0.3) is 0 Å². The predicted molar refractivity (Wildman–Crippen MR) is 86.3 cm³/mol. The van der Waals surface area contributed by atoms with Crippen LogP contribution in [0, 0.1) is 0 Å². The lowest BCUT2D eigenvalue weighted by molar-refractivity contribution is -0.136. The minimum Gasteiger partial charge on any atom is -0.383 e. The molecule has 124 valence electrons. The third-order valence-electron chi connectivity index (χ3n) is 3.64. The first-order chi connectivity index (χ1) is 11.0. The predicted octanol–water partition coefficient (Wildman–Crippen LogP) is 0.687. The standard InChI is InChI=1S/C16H21N3O4/c1-11(20)19-8-3-4-12-5-6-13(10-14(12)19)18-16(22)15(21)17-7-9-23-2/h5-6,10H,3-4,7-9H2,1-2H3,(H,17,21)(H,18,22). The van der Waals surface area contributed by atoms with Gasteiger partial charge in [-0.3, -0.25) is 14.4 Å². The van der Waals surface area contributed by atoms with Crippen LogP contribution in [-0.2, 0) is 25.5 Å². The van der Waals surface area contributed by atoms with Crippen LogP contribution in [0.5, 0.6) is 0 Å². The summed E-state index contributed by atoms with van der Waals surface area (Å²) in [7, 11) is 1.51. The Balaban J connectivity index is 2.06. The van der Waals surface area contributed by atoms with E-state index in [2.05, 4.69) is 10.6 Å². The Labute approximate surface area is 135 Å². The first-order valence-corrected chi connectivity index (χ1v) is 7.52. The first-order valence-electron chi connectivity index (χ1n) is 7.52. The molecule has 2 N–H and O–H groups in total. The van der Waals surface area contributed by atoms with Crippen LogP contribution in [0.15, 0.2) is 18.2 Å². The van der Waals surface area contributed by atoms with E-state index in [0.717, 1.165) is 24.1 Å². The number of carbonyl (C=O) groups excluding carboxylic acids is 3. The third-order valence-corrected chi connectivity index (χ3v) is 3.64. The van der Waals surface area contributed by atoms with Crippen molar-refractivity contribution in [2.75, 3.05) is 37.0 Å². The molecule has 1 aliphatic heterocycles. The Morgan fingerprint density at radius 1 is 1.26 bits per heavy atom. The number of benzene rings is 1. The van der Waals surface area contributed by atoms with Crippen LogP contribution in [0.2, 0.25) is 0 Å². The second-order valence-corrected chi connectivity index (χ2v) is 5.32. The Morgan fingerprint density at radius 2 is 2.04 bits per heavy atom. The first kappa shape index (κ1) is 17.0. The second-order valence-electron chi connectivity index (χ2n) is 5.32. The fourth-order valence-corrected chi connectivity index (χ4v) is 2.51. The summed E-state index contributed by atoms with van der Waals surface area (Å²) >= 11 is 0. The Bertz CT molecular complexity index is 615. The summed E-state index contributed by atoms with van der Waals surface area (Å²) in [6, 6.07) is 5.35. The molecule has 1 aromatic rings. The van der Waals surface area contributed by atoms with Gasteiger partial charge in [-0.1, -0.05) is 6.07 Å². The van der Waals surface area contributed by atoms with E-state index in [0.29, 0.717) is 18.8 Å². The largest absolute Gasteiger partial charge is 0.383 e. The van der Waals surface area contributed by atoms with E-state index < -0.39 is 11.8 Å². The molecule has 1 heterocycles. The fraction of sp³-hybridized carbons (Fsp3) is 0.438. The lowest BCUT2D eigenvalue weighted by Crippen LogP contribution is -2.37. The molecule has 0 saturated carbocycles. The number of nitrogens with zero attached hydrogens (tertiary/aromatic N) is 1. The molecule has 7 nitrogen and oxygen atoms in total. The van der Waals surface area contributed by atoms with Crippen molar-refractivity contribution in [1.82, 2.24) is 5.32 Å². The number of hydrogen-bond acceptors (Lipinski definition) is 4. The van der Waals surface area contributed by atoms with Gasteiger partial charge >= 0.3 is 11.8 Å². The zero-order valence-corrected chi connectivity index (χ0v) is 13.3. The molecule has 0 unspecified atom stereocenters. The quantitative estimate of drug-likeness (QED) is 0.631. The average Bonchev–Trinajstić information content (AvgIpc) is 2.54. The number of amides is 3. The van der Waals surface area contributed by atoms with Crippen molar-refractivity contribution in [3.8, 4) is 0 Å².